The lowest BCUT2D eigenvalue weighted by Gasteiger charge is -2.40. The van der Waals surface area contributed by atoms with E-state index in [1.54, 1.807) is 21.9 Å². The van der Waals surface area contributed by atoms with E-state index in [9.17, 15) is 14.4 Å². The Balaban J connectivity index is 1.65. The number of hydrogen-bond acceptors (Lipinski definition) is 5. The van der Waals surface area contributed by atoms with E-state index in [-0.39, 0.29) is 29.2 Å². The highest BCUT2D eigenvalue weighted by molar-refractivity contribution is 6.10. The number of nitrogens with one attached hydrogen (secondary N) is 1. The molecule has 0 spiro atoms. The predicted molar refractivity (Wildman–Crippen MR) is 121 cm³/mol. The first-order valence-corrected chi connectivity index (χ1v) is 10.2. The number of nitrogens with zero attached hydrogens (tertiary/aromatic N) is 3. The molecule has 1 aliphatic rings. The van der Waals surface area contributed by atoms with Gasteiger partial charge in [-0.2, -0.15) is 0 Å². The maximum Gasteiger partial charge on any atom is 0.294 e. The fourth-order valence-corrected chi connectivity index (χ4v) is 4.23. The minimum atomic E-state index is -0.276. The van der Waals surface area contributed by atoms with Gasteiger partial charge in [-0.25, -0.2) is 4.98 Å². The molecule has 0 saturated heterocycles. The van der Waals surface area contributed by atoms with Crippen molar-refractivity contribution in [3.05, 3.63) is 77.1 Å². The Morgan fingerprint density at radius 2 is 1.88 bits per heavy atom. The van der Waals surface area contributed by atoms with Gasteiger partial charge in [-0.05, 0) is 54.4 Å². The average Bonchev–Trinajstić information content (AvgIpc) is 3.32. The number of furan rings is 1. The van der Waals surface area contributed by atoms with Crippen molar-refractivity contribution in [1.82, 2.24) is 9.97 Å². The fourth-order valence-electron chi connectivity index (χ4n) is 4.23. The minimum Gasteiger partial charge on any atom is -0.459 e. The Morgan fingerprint density at radius 1 is 1.09 bits per heavy atom. The summed E-state index contributed by atoms with van der Waals surface area (Å²) in [6, 6.07) is 14.3. The molecule has 2 amide bonds. The van der Waals surface area contributed by atoms with Gasteiger partial charge < -0.3 is 19.2 Å². The van der Waals surface area contributed by atoms with Crippen LogP contribution in [0.3, 0.4) is 0 Å². The van der Waals surface area contributed by atoms with E-state index in [1.807, 2.05) is 43.3 Å². The highest BCUT2D eigenvalue weighted by Crippen LogP contribution is 2.39. The number of rotatable bonds is 2. The van der Waals surface area contributed by atoms with Gasteiger partial charge in [-0.1, -0.05) is 12.1 Å². The van der Waals surface area contributed by atoms with Crippen molar-refractivity contribution < 1.29 is 14.0 Å². The van der Waals surface area contributed by atoms with Gasteiger partial charge >= 0.3 is 0 Å². The van der Waals surface area contributed by atoms with Gasteiger partial charge in [0.05, 0.1) is 40.9 Å². The van der Waals surface area contributed by atoms with E-state index in [0.717, 1.165) is 11.1 Å². The maximum atomic E-state index is 13.2. The van der Waals surface area contributed by atoms with Crippen molar-refractivity contribution in [3.63, 3.8) is 0 Å². The molecular formula is C24H20N4O4. The van der Waals surface area contributed by atoms with E-state index in [4.69, 9.17) is 4.42 Å². The molecule has 2 aromatic carbocycles. The Labute approximate surface area is 183 Å². The van der Waals surface area contributed by atoms with Gasteiger partial charge in [0.1, 0.15) is 0 Å². The van der Waals surface area contributed by atoms with Crippen LogP contribution < -0.4 is 15.4 Å². The number of benzene rings is 2. The largest absolute Gasteiger partial charge is 0.459 e. The second kappa shape index (κ2) is 7.49. The monoisotopic (exact) mass is 428 g/mol. The lowest BCUT2D eigenvalue weighted by molar-refractivity contribution is -0.117. The quantitative estimate of drug-likeness (QED) is 0.526. The third-order valence-electron chi connectivity index (χ3n) is 5.64. The van der Waals surface area contributed by atoms with Crippen LogP contribution in [0.4, 0.5) is 11.4 Å². The molecule has 2 aromatic heterocycles. The summed E-state index contributed by atoms with van der Waals surface area (Å²) < 4.78 is 5.33. The van der Waals surface area contributed by atoms with E-state index in [0.29, 0.717) is 29.0 Å². The Bertz CT molecular complexity index is 1410. The molecule has 1 N–H and O–H groups in total. The second-order valence-electron chi connectivity index (χ2n) is 7.81. The van der Waals surface area contributed by atoms with Crippen LogP contribution >= 0.6 is 0 Å². The summed E-state index contributed by atoms with van der Waals surface area (Å²) in [4.78, 5) is 47.5. The molecule has 160 valence electrons. The molecule has 3 heterocycles. The van der Waals surface area contributed by atoms with Crippen molar-refractivity contribution in [2.45, 2.75) is 19.9 Å². The summed E-state index contributed by atoms with van der Waals surface area (Å²) in [6.07, 6.45) is 2.71. The number of H-pyrrole nitrogens is 1. The maximum absolute atomic E-state index is 13.2. The van der Waals surface area contributed by atoms with Crippen LogP contribution in [0.25, 0.3) is 22.2 Å². The molecule has 32 heavy (non-hydrogen) atoms. The molecular weight excluding hydrogens is 408 g/mol. The lowest BCUT2D eigenvalue weighted by atomic mass is 10.00. The number of anilines is 2. The van der Waals surface area contributed by atoms with E-state index < -0.39 is 0 Å². The van der Waals surface area contributed by atoms with Gasteiger partial charge in [-0.3, -0.25) is 14.4 Å². The summed E-state index contributed by atoms with van der Waals surface area (Å²) in [5.74, 6) is -0.124. The van der Waals surface area contributed by atoms with Crippen LogP contribution in [0.5, 0.6) is 0 Å². The third-order valence-corrected chi connectivity index (χ3v) is 5.64. The Kier molecular flexibility index (Phi) is 4.62. The molecule has 0 bridgehead atoms. The molecule has 4 aromatic rings. The molecule has 0 fully saturated rings. The number of hydrogen-bond donors (Lipinski definition) is 1. The lowest BCUT2D eigenvalue weighted by Crippen LogP contribution is -2.51. The minimum absolute atomic E-state index is 0.0917. The Hall–Kier alpha value is -4.20. The topological polar surface area (TPSA) is 99.5 Å². The van der Waals surface area contributed by atoms with Crippen LogP contribution in [0.1, 0.15) is 24.4 Å². The zero-order valence-electron chi connectivity index (χ0n) is 17.5. The number of amides is 2. The normalized spacial score (nSPS) is 15.6. The predicted octanol–water partition coefficient (Wildman–Crippen LogP) is 3.58. The van der Waals surface area contributed by atoms with Gasteiger partial charge in [0.2, 0.25) is 5.91 Å². The van der Waals surface area contributed by atoms with Gasteiger partial charge in [0.15, 0.2) is 5.76 Å². The molecule has 8 nitrogen and oxygen atoms in total. The van der Waals surface area contributed by atoms with Crippen LogP contribution in [0.15, 0.2) is 70.2 Å². The van der Waals surface area contributed by atoms with Crippen molar-refractivity contribution in [2.24, 2.45) is 0 Å². The van der Waals surface area contributed by atoms with Crippen molar-refractivity contribution in [1.29, 1.82) is 0 Å². The Morgan fingerprint density at radius 3 is 2.62 bits per heavy atom. The average molecular weight is 428 g/mol. The fraction of sp³-hybridized carbons (Fsp3) is 0.167. The van der Waals surface area contributed by atoms with Gasteiger partial charge in [0, 0.05) is 13.5 Å². The van der Waals surface area contributed by atoms with Crippen LogP contribution in [-0.2, 0) is 4.79 Å². The summed E-state index contributed by atoms with van der Waals surface area (Å²) in [5.41, 5.74) is 4.00. The smallest absolute Gasteiger partial charge is 0.294 e. The molecule has 8 heteroatoms. The van der Waals surface area contributed by atoms with Crippen molar-refractivity contribution in [3.8, 4) is 11.1 Å². The first-order chi connectivity index (χ1) is 15.4. The number of carbonyl (C=O) groups excluding carboxylic acids is 2. The number of fused-ring (bicyclic) bond motifs is 2. The molecule has 0 aliphatic carbocycles. The number of aromatic amines is 1. The molecule has 0 unspecified atom stereocenters. The third kappa shape index (κ3) is 3.26. The van der Waals surface area contributed by atoms with Crippen LogP contribution in [0, 0.1) is 0 Å². The van der Waals surface area contributed by atoms with Crippen LogP contribution in [-0.4, -0.2) is 34.4 Å². The summed E-state index contributed by atoms with van der Waals surface area (Å²) >= 11 is 0. The zero-order chi connectivity index (χ0) is 22.4. The van der Waals surface area contributed by atoms with Crippen molar-refractivity contribution in [2.75, 3.05) is 16.3 Å². The highest BCUT2D eigenvalue weighted by atomic mass is 16.3. The van der Waals surface area contributed by atoms with Crippen LogP contribution in [0.2, 0.25) is 0 Å². The van der Waals surface area contributed by atoms with Crippen molar-refractivity contribution >= 4 is 34.2 Å². The molecule has 1 aliphatic heterocycles. The molecule has 1 atom stereocenters. The van der Waals surface area contributed by atoms with E-state index in [2.05, 4.69) is 9.97 Å². The summed E-state index contributed by atoms with van der Waals surface area (Å²) in [6.45, 7) is 3.77. The standard InChI is InChI=1S/C24H20N4O4/c1-14-13-27(24(31)22-4-3-9-32-22)21-11-17(6-8-20(21)28(14)15(2)29)16-5-7-18-19(10-16)26-23(30)12-25-18/h3-12,14H,13H2,1-2H3,(H,26,30)/t14-/m0/s1. The highest BCUT2D eigenvalue weighted by Gasteiger charge is 2.35. The molecule has 0 saturated carbocycles. The summed E-state index contributed by atoms with van der Waals surface area (Å²) in [7, 11) is 0. The first kappa shape index (κ1) is 19.7. The molecule has 5 rings (SSSR count). The van der Waals surface area contributed by atoms with E-state index >= 15 is 0 Å². The SMILES string of the molecule is CC(=O)N1c2ccc(-c3ccc4ncc(=O)[nH]c4c3)cc2N(C(=O)c2ccco2)C[C@@H]1C. The molecule has 0 radical (unpaired) electrons. The van der Waals surface area contributed by atoms with Gasteiger partial charge in [-0.15, -0.1) is 0 Å². The van der Waals surface area contributed by atoms with Gasteiger partial charge in [0.25, 0.3) is 11.5 Å². The zero-order valence-corrected chi connectivity index (χ0v) is 17.5. The summed E-state index contributed by atoms with van der Waals surface area (Å²) in [5, 5.41) is 0. The number of carbonyl (C=O) groups is 2. The second-order valence-corrected chi connectivity index (χ2v) is 7.81. The van der Waals surface area contributed by atoms with E-state index in [1.165, 1.54) is 19.4 Å². The number of aromatic nitrogens is 2. The first-order valence-electron chi connectivity index (χ1n) is 10.2.